The van der Waals surface area contributed by atoms with Crippen LogP contribution in [0.15, 0.2) is 15.3 Å². The molecule has 1 aliphatic rings. The van der Waals surface area contributed by atoms with E-state index in [9.17, 15) is 0 Å². The molecule has 6 nitrogen and oxygen atoms in total. The average Bonchev–Trinajstić information content (AvgIpc) is 2.03. The zero-order valence-corrected chi connectivity index (χ0v) is 7.44. The Labute approximate surface area is 71.3 Å². The number of nitrogens with one attached hydrogen (secondary N) is 1. The molecular formula is C6H13N6-. The SMILES string of the molecule is CC(C)(C)C1=N[N-]C([15NH][15NH2])N=N1. The molecule has 0 saturated heterocycles. The molecule has 1 unspecified atom stereocenters. The van der Waals surface area contributed by atoms with Gasteiger partial charge in [-0.25, -0.2) is 0 Å². The van der Waals surface area contributed by atoms with Crippen LogP contribution in [0.1, 0.15) is 20.8 Å². The van der Waals surface area contributed by atoms with Gasteiger partial charge in [0, 0.05) is 5.41 Å². The van der Waals surface area contributed by atoms with Crippen LogP contribution in [-0.2, 0) is 0 Å². The van der Waals surface area contributed by atoms with E-state index < -0.39 is 6.29 Å². The van der Waals surface area contributed by atoms with Crippen LogP contribution in [-0.4, -0.2) is 12.1 Å². The van der Waals surface area contributed by atoms with Gasteiger partial charge in [-0.15, -0.1) is 5.11 Å². The molecule has 0 bridgehead atoms. The number of nitrogens with zero attached hydrogens (tertiary/aromatic N) is 4. The van der Waals surface area contributed by atoms with Gasteiger partial charge < -0.3 is 10.5 Å². The molecular weight excluding hydrogens is 158 g/mol. The third-order valence-electron chi connectivity index (χ3n) is 1.34. The first-order chi connectivity index (χ1) is 5.54. The van der Waals surface area contributed by atoms with E-state index in [0.717, 1.165) is 0 Å². The molecule has 1 atom stereocenters. The van der Waals surface area contributed by atoms with Gasteiger partial charge in [-0.05, 0) is 0 Å². The number of rotatable bonds is 1. The van der Waals surface area contributed by atoms with Gasteiger partial charge in [0.1, 0.15) is 5.84 Å². The molecule has 1 aliphatic heterocycles. The molecule has 0 radical (unpaired) electrons. The van der Waals surface area contributed by atoms with Crippen LogP contribution in [0.5, 0.6) is 0 Å². The summed E-state index contributed by atoms with van der Waals surface area (Å²) in [6.45, 7) is 5.99. The molecule has 0 spiro atoms. The second-order valence-corrected chi connectivity index (χ2v) is 3.54. The fourth-order valence-electron chi connectivity index (χ4n) is 0.629. The maximum Gasteiger partial charge on any atom is 0.136 e. The van der Waals surface area contributed by atoms with E-state index >= 15 is 0 Å². The highest BCUT2D eigenvalue weighted by atomic mass is 16.2. The van der Waals surface area contributed by atoms with Crippen molar-refractivity contribution < 1.29 is 0 Å². The summed E-state index contributed by atoms with van der Waals surface area (Å²) >= 11 is 0. The summed E-state index contributed by atoms with van der Waals surface area (Å²) in [5, 5.41) is 11.6. The first-order valence-electron chi connectivity index (χ1n) is 3.69. The monoisotopic (exact) mass is 171 g/mol. The normalized spacial score (nSPS) is 23.3. The molecule has 0 aromatic rings. The summed E-state index contributed by atoms with van der Waals surface area (Å²) in [6, 6.07) is 0. The first kappa shape index (κ1) is 9.08. The average molecular weight is 171 g/mol. The molecule has 0 saturated carbocycles. The molecule has 0 amide bonds. The summed E-state index contributed by atoms with van der Waals surface area (Å²) < 4.78 is 0. The topological polar surface area (TPSA) is 89.2 Å². The van der Waals surface area contributed by atoms with Gasteiger partial charge in [-0.1, -0.05) is 20.8 Å². The van der Waals surface area contributed by atoms with Gasteiger partial charge in [-0.2, -0.15) is 5.11 Å². The lowest BCUT2D eigenvalue weighted by molar-refractivity contribution is 0.540. The van der Waals surface area contributed by atoms with Crippen molar-refractivity contribution >= 4 is 5.84 Å². The highest BCUT2D eigenvalue weighted by molar-refractivity contribution is 5.88. The Bertz CT molecular complexity index is 213. The summed E-state index contributed by atoms with van der Waals surface area (Å²) in [6.07, 6.45) is -0.531. The second kappa shape index (κ2) is 3.16. The number of hydrazine groups is 1. The minimum atomic E-state index is -0.531. The van der Waals surface area contributed by atoms with Crippen LogP contribution in [0.3, 0.4) is 0 Å². The molecule has 1 rings (SSSR count). The first-order valence-corrected chi connectivity index (χ1v) is 3.69. The number of hydrogen-bond donors (Lipinski definition) is 2. The van der Waals surface area contributed by atoms with Gasteiger partial charge in [0.25, 0.3) is 0 Å². The van der Waals surface area contributed by atoms with Crippen molar-refractivity contribution in [3.63, 3.8) is 0 Å². The van der Waals surface area contributed by atoms with Gasteiger partial charge in [0.15, 0.2) is 0 Å². The lowest BCUT2D eigenvalue weighted by Gasteiger charge is -2.30. The minimum absolute atomic E-state index is 0.118. The molecule has 12 heavy (non-hydrogen) atoms. The Morgan fingerprint density at radius 3 is 2.50 bits per heavy atom. The molecule has 1 heterocycles. The summed E-state index contributed by atoms with van der Waals surface area (Å²) in [5.41, 5.74) is 6.01. The predicted octanol–water partition coefficient (Wildman–Crippen LogP) is 0.932. The Balaban J connectivity index is 2.64. The quantitative estimate of drug-likeness (QED) is 0.349. The Kier molecular flexibility index (Phi) is 2.39. The number of azo groups is 1. The van der Waals surface area contributed by atoms with E-state index in [4.69, 9.17) is 5.84 Å². The zero-order valence-electron chi connectivity index (χ0n) is 7.44. The molecule has 68 valence electrons. The summed E-state index contributed by atoms with van der Waals surface area (Å²) in [5.74, 6) is 5.71. The summed E-state index contributed by atoms with van der Waals surface area (Å²) in [7, 11) is 0. The van der Waals surface area contributed by atoms with Gasteiger partial charge in [-0.3, -0.25) is 11.3 Å². The molecule has 0 aliphatic carbocycles. The maximum absolute atomic E-state index is 5.09. The largest absolute Gasteiger partial charge is 0.565 e. The van der Waals surface area contributed by atoms with Crippen molar-refractivity contribution in [1.82, 2.24) is 5.43 Å². The van der Waals surface area contributed by atoms with E-state index in [0.29, 0.717) is 5.84 Å². The van der Waals surface area contributed by atoms with Crippen LogP contribution in [0.25, 0.3) is 5.43 Å². The van der Waals surface area contributed by atoms with Crippen molar-refractivity contribution in [2.75, 3.05) is 0 Å². The van der Waals surface area contributed by atoms with Crippen molar-refractivity contribution in [2.45, 2.75) is 27.1 Å². The fraction of sp³-hybridized carbons (Fsp3) is 0.833. The molecule has 3 N–H and O–H groups in total. The predicted molar refractivity (Wildman–Crippen MR) is 46.2 cm³/mol. The third-order valence-corrected chi connectivity index (χ3v) is 1.34. The minimum Gasteiger partial charge on any atom is -0.565 e. The molecule has 0 aromatic heterocycles. The van der Waals surface area contributed by atoms with Crippen molar-refractivity contribution in [2.24, 2.45) is 26.6 Å². The van der Waals surface area contributed by atoms with Crippen molar-refractivity contribution in [3.8, 4) is 0 Å². The van der Waals surface area contributed by atoms with E-state index in [2.05, 4.69) is 26.2 Å². The number of hydrogen-bond acceptors (Lipinski definition) is 5. The van der Waals surface area contributed by atoms with Crippen LogP contribution < -0.4 is 11.3 Å². The Morgan fingerprint density at radius 2 is 2.17 bits per heavy atom. The lowest BCUT2D eigenvalue weighted by atomic mass is 9.95. The number of amidine groups is 1. The van der Waals surface area contributed by atoms with Crippen LogP contribution in [0.4, 0.5) is 0 Å². The van der Waals surface area contributed by atoms with Gasteiger partial charge in [0.05, 0.1) is 6.29 Å². The standard InChI is InChI=1S/C6H13N6/c1-6(2,3)4-9-11-5(8-7)12-10-4/h5,8H,7H2,1-3H3/q-1/i7+1,8+1. The third kappa shape index (κ3) is 1.99. The van der Waals surface area contributed by atoms with Crippen molar-refractivity contribution in [1.29, 1.82) is 0 Å². The Hall–Kier alpha value is -1.01. The molecule has 0 fully saturated rings. The fourth-order valence-corrected chi connectivity index (χ4v) is 0.629. The van der Waals surface area contributed by atoms with Crippen LogP contribution >= 0.6 is 0 Å². The zero-order chi connectivity index (χ0) is 9.19. The Morgan fingerprint density at radius 1 is 1.50 bits per heavy atom. The van der Waals surface area contributed by atoms with Crippen LogP contribution in [0.2, 0.25) is 0 Å². The highest BCUT2D eigenvalue weighted by Gasteiger charge is 2.18. The molecule has 6 heteroatoms. The maximum atomic E-state index is 5.09. The van der Waals surface area contributed by atoms with E-state index in [1.807, 2.05) is 20.8 Å². The second-order valence-electron chi connectivity index (χ2n) is 3.54. The van der Waals surface area contributed by atoms with E-state index in [1.165, 1.54) is 0 Å². The van der Waals surface area contributed by atoms with Gasteiger partial charge >= 0.3 is 0 Å². The van der Waals surface area contributed by atoms with Gasteiger partial charge in [0.2, 0.25) is 0 Å². The summed E-state index contributed by atoms with van der Waals surface area (Å²) in [4.78, 5) is 0. The van der Waals surface area contributed by atoms with E-state index in [1.54, 1.807) is 0 Å². The van der Waals surface area contributed by atoms with Crippen molar-refractivity contribution in [3.05, 3.63) is 5.43 Å². The van der Waals surface area contributed by atoms with Crippen LogP contribution in [0, 0.1) is 5.41 Å². The number of nitrogens with two attached hydrogens (primary N) is 1. The lowest BCUT2D eigenvalue weighted by Crippen LogP contribution is -2.34. The highest BCUT2D eigenvalue weighted by Crippen LogP contribution is 2.21. The van der Waals surface area contributed by atoms with E-state index in [-0.39, 0.29) is 5.41 Å². The molecule has 0 aromatic carbocycles. The smallest absolute Gasteiger partial charge is 0.136 e.